The second-order valence-electron chi connectivity index (χ2n) is 4.56. The number of nitrogens with zero attached hydrogens (tertiary/aromatic N) is 1. The molecule has 1 fully saturated rings. The summed E-state index contributed by atoms with van der Waals surface area (Å²) in [5, 5.41) is 9.21. The topological polar surface area (TPSA) is 49.8 Å². The minimum absolute atomic E-state index is 0.0783. The Balaban J connectivity index is 1.87. The van der Waals surface area contributed by atoms with Crippen molar-refractivity contribution >= 4 is 5.97 Å². The summed E-state index contributed by atoms with van der Waals surface area (Å²) < 4.78 is 5.31. The van der Waals surface area contributed by atoms with E-state index in [9.17, 15) is 9.90 Å². The van der Waals surface area contributed by atoms with E-state index in [1.165, 1.54) is 0 Å². The van der Waals surface area contributed by atoms with Gasteiger partial charge in [0.1, 0.15) is 12.6 Å². The lowest BCUT2D eigenvalue weighted by Gasteiger charge is -2.32. The number of hydrogen-bond donors (Lipinski definition) is 1. The number of rotatable bonds is 4. The minimum atomic E-state index is -0.285. The van der Waals surface area contributed by atoms with Gasteiger partial charge in [-0.2, -0.15) is 0 Å². The molecule has 98 valence electrons. The van der Waals surface area contributed by atoms with Crippen LogP contribution in [0.1, 0.15) is 24.8 Å². The summed E-state index contributed by atoms with van der Waals surface area (Å²) in [6.45, 7) is 0.988. The van der Waals surface area contributed by atoms with Crippen molar-refractivity contribution in [1.29, 1.82) is 0 Å². The van der Waals surface area contributed by atoms with Crippen LogP contribution in [0.2, 0.25) is 0 Å². The van der Waals surface area contributed by atoms with E-state index in [1.807, 2.05) is 30.3 Å². The monoisotopic (exact) mass is 249 g/mol. The summed E-state index contributed by atoms with van der Waals surface area (Å²) in [4.78, 5) is 13.7. The van der Waals surface area contributed by atoms with Crippen LogP contribution in [-0.4, -0.2) is 35.3 Å². The quantitative estimate of drug-likeness (QED) is 0.822. The van der Waals surface area contributed by atoms with Crippen LogP contribution >= 0.6 is 0 Å². The minimum Gasteiger partial charge on any atom is -0.460 e. The third-order valence-electron chi connectivity index (χ3n) is 3.29. The van der Waals surface area contributed by atoms with E-state index in [0.717, 1.165) is 31.4 Å². The number of carbonyl (C=O) groups excluding carboxylic acids is 1. The number of aliphatic hydroxyl groups excluding tert-OH is 1. The van der Waals surface area contributed by atoms with Crippen LogP contribution in [0.15, 0.2) is 30.3 Å². The number of hydrogen-bond acceptors (Lipinski definition) is 4. The number of likely N-dealkylation sites (tertiary alicyclic amines) is 1. The summed E-state index contributed by atoms with van der Waals surface area (Å²) >= 11 is 0. The van der Waals surface area contributed by atoms with E-state index in [0.29, 0.717) is 6.61 Å². The number of carbonyl (C=O) groups is 1. The van der Waals surface area contributed by atoms with Crippen molar-refractivity contribution < 1.29 is 14.6 Å². The van der Waals surface area contributed by atoms with Gasteiger partial charge in [-0.25, -0.2) is 0 Å². The van der Waals surface area contributed by atoms with Crippen LogP contribution in [0.4, 0.5) is 0 Å². The molecule has 1 aliphatic heterocycles. The number of ether oxygens (including phenoxy) is 1. The molecule has 1 unspecified atom stereocenters. The lowest BCUT2D eigenvalue weighted by molar-refractivity contribution is -0.154. The van der Waals surface area contributed by atoms with E-state index in [1.54, 1.807) is 4.90 Å². The first-order valence-electron chi connectivity index (χ1n) is 6.36. The predicted octanol–water partition coefficient (Wildman–Crippen LogP) is 1.53. The van der Waals surface area contributed by atoms with E-state index in [-0.39, 0.29) is 18.7 Å². The Kier molecular flexibility index (Phi) is 4.73. The maximum Gasteiger partial charge on any atom is 0.323 e. The Morgan fingerprint density at radius 1 is 1.33 bits per heavy atom. The second kappa shape index (κ2) is 6.52. The van der Waals surface area contributed by atoms with Crippen LogP contribution in [0, 0.1) is 0 Å². The molecule has 0 aliphatic carbocycles. The van der Waals surface area contributed by atoms with Gasteiger partial charge in [-0.15, -0.1) is 0 Å². The maximum absolute atomic E-state index is 12.0. The van der Waals surface area contributed by atoms with Gasteiger partial charge >= 0.3 is 5.97 Å². The van der Waals surface area contributed by atoms with Crippen LogP contribution in [0.5, 0.6) is 0 Å². The number of aliphatic hydroxyl groups is 1. The first kappa shape index (κ1) is 13.1. The molecule has 0 aromatic heterocycles. The van der Waals surface area contributed by atoms with Crippen molar-refractivity contribution in [3.63, 3.8) is 0 Å². The van der Waals surface area contributed by atoms with Gasteiger partial charge < -0.3 is 9.84 Å². The molecule has 0 saturated carbocycles. The number of esters is 1. The summed E-state index contributed by atoms with van der Waals surface area (Å²) in [5.74, 6) is -0.229. The summed E-state index contributed by atoms with van der Waals surface area (Å²) in [6, 6.07) is 9.34. The standard InChI is InChI=1S/C14H19NO3/c16-11-15-9-5-4-8-13(15)14(17)18-10-12-6-2-1-3-7-12/h1-3,6-7,13,16H,4-5,8-11H2. The Hall–Kier alpha value is -1.39. The van der Waals surface area contributed by atoms with Crippen molar-refractivity contribution in [2.75, 3.05) is 13.3 Å². The van der Waals surface area contributed by atoms with Gasteiger partial charge in [0.15, 0.2) is 0 Å². The van der Waals surface area contributed by atoms with Gasteiger partial charge in [-0.1, -0.05) is 36.8 Å². The summed E-state index contributed by atoms with van der Waals surface area (Å²) in [7, 11) is 0. The van der Waals surface area contributed by atoms with E-state index in [2.05, 4.69) is 0 Å². The van der Waals surface area contributed by atoms with Gasteiger partial charge in [0, 0.05) is 6.54 Å². The molecule has 1 heterocycles. The molecule has 4 heteroatoms. The molecular formula is C14H19NO3. The van der Waals surface area contributed by atoms with Gasteiger partial charge in [0.05, 0.1) is 6.73 Å². The lowest BCUT2D eigenvalue weighted by Crippen LogP contribution is -2.45. The largest absolute Gasteiger partial charge is 0.460 e. The molecule has 2 rings (SSSR count). The van der Waals surface area contributed by atoms with Crippen molar-refractivity contribution in [2.45, 2.75) is 31.9 Å². The van der Waals surface area contributed by atoms with Gasteiger partial charge in [-0.3, -0.25) is 9.69 Å². The molecule has 1 N–H and O–H groups in total. The van der Waals surface area contributed by atoms with Crippen LogP contribution in [0.25, 0.3) is 0 Å². The zero-order valence-electron chi connectivity index (χ0n) is 10.4. The zero-order valence-corrected chi connectivity index (χ0v) is 10.4. The first-order chi connectivity index (χ1) is 8.81. The highest BCUT2D eigenvalue weighted by Crippen LogP contribution is 2.17. The molecule has 1 saturated heterocycles. The van der Waals surface area contributed by atoms with Crippen LogP contribution < -0.4 is 0 Å². The fraction of sp³-hybridized carbons (Fsp3) is 0.500. The molecule has 1 atom stereocenters. The predicted molar refractivity (Wildman–Crippen MR) is 67.7 cm³/mol. The fourth-order valence-electron chi connectivity index (χ4n) is 2.25. The summed E-state index contributed by atoms with van der Waals surface area (Å²) in [6.07, 6.45) is 2.82. The molecule has 0 spiro atoms. The van der Waals surface area contributed by atoms with Crippen molar-refractivity contribution in [3.8, 4) is 0 Å². The Morgan fingerprint density at radius 2 is 2.11 bits per heavy atom. The molecule has 1 aromatic rings. The highest BCUT2D eigenvalue weighted by Gasteiger charge is 2.29. The maximum atomic E-state index is 12.0. The van der Waals surface area contributed by atoms with Crippen LogP contribution in [-0.2, 0) is 16.1 Å². The molecule has 18 heavy (non-hydrogen) atoms. The normalized spacial score (nSPS) is 20.6. The lowest BCUT2D eigenvalue weighted by atomic mass is 10.0. The van der Waals surface area contributed by atoms with Gasteiger partial charge in [0.2, 0.25) is 0 Å². The average molecular weight is 249 g/mol. The molecule has 4 nitrogen and oxygen atoms in total. The smallest absolute Gasteiger partial charge is 0.323 e. The van der Waals surface area contributed by atoms with Crippen molar-refractivity contribution in [1.82, 2.24) is 4.90 Å². The van der Waals surface area contributed by atoms with E-state index in [4.69, 9.17) is 4.74 Å². The fourth-order valence-corrected chi connectivity index (χ4v) is 2.25. The summed E-state index contributed by atoms with van der Waals surface area (Å²) in [5.41, 5.74) is 0.984. The highest BCUT2D eigenvalue weighted by molar-refractivity contribution is 5.75. The number of piperidine rings is 1. The van der Waals surface area contributed by atoms with E-state index < -0.39 is 0 Å². The van der Waals surface area contributed by atoms with Gasteiger partial charge in [0.25, 0.3) is 0 Å². The molecule has 0 radical (unpaired) electrons. The second-order valence-corrected chi connectivity index (χ2v) is 4.56. The van der Waals surface area contributed by atoms with Gasteiger partial charge in [-0.05, 0) is 18.4 Å². The Bertz CT molecular complexity index is 380. The molecule has 0 bridgehead atoms. The van der Waals surface area contributed by atoms with Crippen molar-refractivity contribution in [3.05, 3.63) is 35.9 Å². The third-order valence-corrected chi connectivity index (χ3v) is 3.29. The van der Waals surface area contributed by atoms with Crippen molar-refractivity contribution in [2.24, 2.45) is 0 Å². The molecule has 1 aromatic carbocycles. The molecule has 1 aliphatic rings. The molecular weight excluding hydrogens is 230 g/mol. The number of benzene rings is 1. The molecule has 0 amide bonds. The van der Waals surface area contributed by atoms with E-state index >= 15 is 0 Å². The van der Waals surface area contributed by atoms with Crippen LogP contribution in [0.3, 0.4) is 0 Å². The Labute approximate surface area is 107 Å². The highest BCUT2D eigenvalue weighted by atomic mass is 16.5. The zero-order chi connectivity index (χ0) is 12.8. The SMILES string of the molecule is O=C(OCc1ccccc1)C1CCCCN1CO. The third kappa shape index (κ3) is 3.31. The average Bonchev–Trinajstić information content (AvgIpc) is 2.45. The Morgan fingerprint density at radius 3 is 2.83 bits per heavy atom. The first-order valence-corrected chi connectivity index (χ1v) is 6.36.